The molecule has 1 aromatic heterocycles. The van der Waals surface area contributed by atoms with Gasteiger partial charge in [-0.25, -0.2) is 0 Å². The molecule has 1 saturated heterocycles. The zero-order chi connectivity index (χ0) is 23.5. The van der Waals surface area contributed by atoms with Crippen molar-refractivity contribution >= 4 is 46.3 Å². The highest BCUT2D eigenvalue weighted by Gasteiger charge is 2.36. The van der Waals surface area contributed by atoms with Gasteiger partial charge in [0.2, 0.25) is 5.91 Å². The van der Waals surface area contributed by atoms with Gasteiger partial charge in [-0.3, -0.25) is 29.4 Å². The van der Waals surface area contributed by atoms with Crippen LogP contribution < -0.4 is 5.32 Å². The summed E-state index contributed by atoms with van der Waals surface area (Å²) in [5.41, 5.74) is 2.20. The molecule has 1 N–H and O–H groups in total. The summed E-state index contributed by atoms with van der Waals surface area (Å²) in [6.45, 7) is 1.52. The third kappa shape index (κ3) is 5.01. The second kappa shape index (κ2) is 9.13. The number of anilines is 1. The Hall–Kier alpha value is -4.18. The second-order valence-corrected chi connectivity index (χ2v) is 8.18. The van der Waals surface area contributed by atoms with Gasteiger partial charge in [-0.05, 0) is 55.1 Å². The van der Waals surface area contributed by atoms with Crippen molar-refractivity contribution in [3.63, 3.8) is 0 Å². The highest BCUT2D eigenvalue weighted by Crippen LogP contribution is 2.33. The van der Waals surface area contributed by atoms with Crippen LogP contribution in [0.4, 0.5) is 16.2 Å². The number of imide groups is 1. The van der Waals surface area contributed by atoms with Gasteiger partial charge < -0.3 is 9.73 Å². The van der Waals surface area contributed by atoms with E-state index in [9.17, 15) is 24.5 Å². The molecular weight excluding hydrogens is 446 g/mol. The van der Waals surface area contributed by atoms with Gasteiger partial charge in [0, 0.05) is 29.5 Å². The molecule has 166 valence electrons. The van der Waals surface area contributed by atoms with Crippen LogP contribution in [0.2, 0.25) is 0 Å². The van der Waals surface area contributed by atoms with Gasteiger partial charge in [0.15, 0.2) is 0 Å². The van der Waals surface area contributed by atoms with Crippen LogP contribution in [0.25, 0.3) is 17.4 Å². The molecule has 0 bridgehead atoms. The number of nitrogens with one attached hydrogen (secondary N) is 1. The first-order valence-corrected chi connectivity index (χ1v) is 10.6. The molecule has 0 unspecified atom stereocenters. The summed E-state index contributed by atoms with van der Waals surface area (Å²) in [5.74, 6) is -0.288. The van der Waals surface area contributed by atoms with Crippen molar-refractivity contribution in [2.75, 3.05) is 11.9 Å². The zero-order valence-electron chi connectivity index (χ0n) is 17.3. The first-order chi connectivity index (χ1) is 15.8. The van der Waals surface area contributed by atoms with E-state index in [1.165, 1.54) is 18.2 Å². The van der Waals surface area contributed by atoms with E-state index in [4.69, 9.17) is 4.42 Å². The molecule has 2 aromatic carbocycles. The highest BCUT2D eigenvalue weighted by molar-refractivity contribution is 8.18. The van der Waals surface area contributed by atoms with Crippen LogP contribution >= 0.6 is 11.8 Å². The Morgan fingerprint density at radius 3 is 2.45 bits per heavy atom. The molecule has 10 heteroatoms. The maximum atomic E-state index is 12.7. The SMILES string of the molecule is Cc1ccc(NC(=O)CN2C(=O)SC(=Cc3ccc(-c4ccc([N+](=O)[O-])cc4)o3)C2=O)cc1. The number of non-ortho nitro benzene ring substituents is 1. The number of nitro groups is 1. The number of carbonyl (C=O) groups excluding carboxylic acids is 3. The van der Waals surface area contributed by atoms with Crippen LogP contribution in [-0.2, 0) is 9.59 Å². The molecule has 1 fully saturated rings. The Kier molecular flexibility index (Phi) is 6.09. The number of benzene rings is 2. The Labute approximate surface area is 192 Å². The van der Waals surface area contributed by atoms with E-state index >= 15 is 0 Å². The second-order valence-electron chi connectivity index (χ2n) is 7.19. The van der Waals surface area contributed by atoms with Crippen LogP contribution in [0, 0.1) is 17.0 Å². The van der Waals surface area contributed by atoms with Crippen molar-refractivity contribution in [1.29, 1.82) is 0 Å². The number of amides is 3. The molecule has 33 heavy (non-hydrogen) atoms. The van der Waals surface area contributed by atoms with Crippen molar-refractivity contribution in [3.05, 3.63) is 87.0 Å². The highest BCUT2D eigenvalue weighted by atomic mass is 32.2. The van der Waals surface area contributed by atoms with Crippen molar-refractivity contribution in [1.82, 2.24) is 4.90 Å². The van der Waals surface area contributed by atoms with Gasteiger partial charge >= 0.3 is 0 Å². The van der Waals surface area contributed by atoms with Crippen molar-refractivity contribution in [2.24, 2.45) is 0 Å². The van der Waals surface area contributed by atoms with E-state index in [1.54, 1.807) is 36.4 Å². The first kappa shape index (κ1) is 22.0. The fourth-order valence-electron chi connectivity index (χ4n) is 3.08. The van der Waals surface area contributed by atoms with Crippen molar-refractivity contribution in [3.8, 4) is 11.3 Å². The van der Waals surface area contributed by atoms with Gasteiger partial charge in [0.25, 0.3) is 16.8 Å². The Balaban J connectivity index is 1.43. The Morgan fingerprint density at radius 1 is 1.09 bits per heavy atom. The molecule has 4 rings (SSSR count). The van der Waals surface area contributed by atoms with Gasteiger partial charge in [0.1, 0.15) is 18.1 Å². The van der Waals surface area contributed by atoms with E-state index in [0.717, 1.165) is 22.2 Å². The van der Waals surface area contributed by atoms with Gasteiger partial charge in [-0.2, -0.15) is 0 Å². The topological polar surface area (TPSA) is 123 Å². The Bertz CT molecular complexity index is 1280. The number of thioether (sulfide) groups is 1. The number of hydrogen-bond acceptors (Lipinski definition) is 7. The fourth-order valence-corrected chi connectivity index (χ4v) is 3.90. The molecule has 0 saturated carbocycles. The summed E-state index contributed by atoms with van der Waals surface area (Å²) in [6, 6.07) is 16.3. The number of aryl methyl sites for hydroxylation is 1. The van der Waals surface area contributed by atoms with Crippen LogP contribution in [0.5, 0.6) is 0 Å². The van der Waals surface area contributed by atoms with E-state index in [1.807, 2.05) is 19.1 Å². The normalized spacial score (nSPS) is 14.7. The van der Waals surface area contributed by atoms with Crippen molar-refractivity contribution < 1.29 is 23.7 Å². The van der Waals surface area contributed by atoms with E-state index in [-0.39, 0.29) is 10.6 Å². The third-order valence-electron chi connectivity index (χ3n) is 4.77. The smallest absolute Gasteiger partial charge is 0.294 e. The minimum absolute atomic E-state index is 0.0365. The maximum absolute atomic E-state index is 12.7. The van der Waals surface area contributed by atoms with Crippen molar-refractivity contribution in [2.45, 2.75) is 6.92 Å². The van der Waals surface area contributed by atoms with E-state index in [2.05, 4.69) is 5.32 Å². The van der Waals surface area contributed by atoms with Gasteiger partial charge in [-0.15, -0.1) is 0 Å². The number of hydrogen-bond donors (Lipinski definition) is 1. The van der Waals surface area contributed by atoms with Crippen LogP contribution in [0.15, 0.2) is 70.0 Å². The average Bonchev–Trinajstić information content (AvgIpc) is 3.36. The molecule has 9 nitrogen and oxygen atoms in total. The minimum Gasteiger partial charge on any atom is -0.457 e. The van der Waals surface area contributed by atoms with E-state index in [0.29, 0.717) is 22.8 Å². The quantitative estimate of drug-likeness (QED) is 0.315. The molecule has 0 spiro atoms. The lowest BCUT2D eigenvalue weighted by atomic mass is 10.1. The summed E-state index contributed by atoms with van der Waals surface area (Å²) in [7, 11) is 0. The predicted molar refractivity (Wildman–Crippen MR) is 123 cm³/mol. The maximum Gasteiger partial charge on any atom is 0.294 e. The predicted octanol–water partition coefficient (Wildman–Crippen LogP) is 4.84. The summed E-state index contributed by atoms with van der Waals surface area (Å²) < 4.78 is 5.70. The lowest BCUT2D eigenvalue weighted by Crippen LogP contribution is -2.36. The van der Waals surface area contributed by atoms with Crippen LogP contribution in [0.1, 0.15) is 11.3 Å². The zero-order valence-corrected chi connectivity index (χ0v) is 18.1. The molecule has 1 aliphatic rings. The number of nitro benzene ring substituents is 1. The molecule has 2 heterocycles. The summed E-state index contributed by atoms with van der Waals surface area (Å²) >= 11 is 0.721. The summed E-state index contributed by atoms with van der Waals surface area (Å²) in [5, 5.41) is 12.9. The fraction of sp³-hybridized carbons (Fsp3) is 0.0870. The number of rotatable bonds is 6. The lowest BCUT2D eigenvalue weighted by molar-refractivity contribution is -0.384. The molecule has 3 aromatic rings. The van der Waals surface area contributed by atoms with Crippen LogP contribution in [-0.4, -0.2) is 33.4 Å². The van der Waals surface area contributed by atoms with Gasteiger partial charge in [0.05, 0.1) is 9.83 Å². The molecule has 0 radical (unpaired) electrons. The summed E-state index contributed by atoms with van der Waals surface area (Å²) in [6.07, 6.45) is 1.43. The van der Waals surface area contributed by atoms with Crippen LogP contribution in [0.3, 0.4) is 0 Å². The standard InChI is InChI=1S/C23H17N3O6S/c1-14-2-6-16(7-3-14)24-21(27)13-25-22(28)20(33-23(25)29)12-18-10-11-19(32-18)15-4-8-17(9-5-15)26(30)31/h2-12H,13H2,1H3,(H,24,27). The molecule has 0 atom stereocenters. The Morgan fingerprint density at radius 2 is 1.79 bits per heavy atom. The average molecular weight is 463 g/mol. The van der Waals surface area contributed by atoms with E-state index < -0.39 is 28.5 Å². The monoisotopic (exact) mass is 463 g/mol. The first-order valence-electron chi connectivity index (χ1n) is 9.77. The number of furan rings is 1. The molecule has 1 aliphatic heterocycles. The molecule has 0 aliphatic carbocycles. The number of carbonyl (C=O) groups is 3. The minimum atomic E-state index is -0.586. The molecule has 3 amide bonds. The molecular formula is C23H17N3O6S. The number of nitrogens with zero attached hydrogens (tertiary/aromatic N) is 2. The third-order valence-corrected chi connectivity index (χ3v) is 5.68. The summed E-state index contributed by atoms with van der Waals surface area (Å²) in [4.78, 5) is 48.5. The largest absolute Gasteiger partial charge is 0.457 e. The lowest BCUT2D eigenvalue weighted by Gasteiger charge is -2.12. The van der Waals surface area contributed by atoms with Gasteiger partial charge in [-0.1, -0.05) is 17.7 Å².